The fourth-order valence-electron chi connectivity index (χ4n) is 0.932. The van der Waals surface area contributed by atoms with E-state index in [1.54, 1.807) is 6.26 Å². The molecule has 0 aromatic carbocycles. The summed E-state index contributed by atoms with van der Waals surface area (Å²) in [5, 5.41) is 17.2. The lowest BCUT2D eigenvalue weighted by molar-refractivity contribution is -0.138. The van der Waals surface area contributed by atoms with Crippen molar-refractivity contribution in [3.63, 3.8) is 0 Å². The van der Waals surface area contributed by atoms with E-state index in [0.29, 0.717) is 4.34 Å². The summed E-state index contributed by atoms with van der Waals surface area (Å²) in [6.45, 7) is 0. The fraction of sp³-hybridized carbons (Fsp3) is 0.250. The Hall–Kier alpha value is -1.59. The van der Waals surface area contributed by atoms with Crippen LogP contribution in [0.4, 0.5) is 5.82 Å². The predicted octanol–water partition coefficient (Wildman–Crippen LogP) is 0.854. The Morgan fingerprint density at radius 3 is 2.69 bits per heavy atom. The lowest BCUT2D eigenvalue weighted by Crippen LogP contribution is -2.22. The molecule has 16 heavy (non-hydrogen) atoms. The van der Waals surface area contributed by atoms with Crippen LogP contribution in [0.3, 0.4) is 0 Å². The van der Waals surface area contributed by atoms with E-state index in [-0.39, 0.29) is 10.7 Å². The van der Waals surface area contributed by atoms with Crippen molar-refractivity contribution in [2.75, 3.05) is 12.0 Å². The van der Waals surface area contributed by atoms with Crippen molar-refractivity contribution >= 4 is 40.7 Å². The van der Waals surface area contributed by atoms with E-state index in [0.717, 1.165) is 11.3 Å². The molecule has 0 saturated carbocycles. The number of nitriles is 1. The number of thiazole rings is 1. The zero-order valence-electron chi connectivity index (χ0n) is 8.13. The smallest absolute Gasteiger partial charge is 0.329 e. The van der Waals surface area contributed by atoms with Crippen LogP contribution in [0.25, 0.3) is 0 Å². The molecular formula is C8H7N3O3S2. The number of Topliss-reactive ketones (excluding diaryl/α,β-unsaturated/α-hetero) is 1. The summed E-state index contributed by atoms with van der Waals surface area (Å²) < 4.78 is 0.558. The molecule has 0 aliphatic rings. The van der Waals surface area contributed by atoms with Crippen LogP contribution in [0, 0.1) is 17.2 Å². The van der Waals surface area contributed by atoms with Gasteiger partial charge in [0.15, 0.2) is 4.34 Å². The summed E-state index contributed by atoms with van der Waals surface area (Å²) in [7, 11) is 0. The highest BCUT2D eigenvalue weighted by molar-refractivity contribution is 8.00. The van der Waals surface area contributed by atoms with Crippen molar-refractivity contribution in [1.29, 1.82) is 5.26 Å². The lowest BCUT2D eigenvalue weighted by Gasteiger charge is -1.99. The van der Waals surface area contributed by atoms with Crippen molar-refractivity contribution in [3.05, 3.63) is 4.88 Å². The van der Waals surface area contributed by atoms with Gasteiger partial charge in [0.2, 0.25) is 11.7 Å². The Bertz CT molecular complexity index is 477. The molecule has 8 heteroatoms. The van der Waals surface area contributed by atoms with Crippen molar-refractivity contribution in [2.45, 2.75) is 4.34 Å². The van der Waals surface area contributed by atoms with Gasteiger partial charge in [0.05, 0.1) is 6.07 Å². The second-order valence-corrected chi connectivity index (χ2v) is 4.72. The van der Waals surface area contributed by atoms with E-state index in [1.165, 1.54) is 17.8 Å². The molecule has 3 N–H and O–H groups in total. The molecule has 1 atom stereocenters. The second-order valence-electron chi connectivity index (χ2n) is 2.66. The van der Waals surface area contributed by atoms with E-state index < -0.39 is 17.7 Å². The Morgan fingerprint density at radius 2 is 2.31 bits per heavy atom. The van der Waals surface area contributed by atoms with Crippen molar-refractivity contribution in [1.82, 2.24) is 4.98 Å². The van der Waals surface area contributed by atoms with E-state index in [4.69, 9.17) is 16.1 Å². The molecule has 1 unspecified atom stereocenters. The van der Waals surface area contributed by atoms with Gasteiger partial charge in [-0.1, -0.05) is 11.8 Å². The van der Waals surface area contributed by atoms with Gasteiger partial charge >= 0.3 is 5.97 Å². The first-order valence-electron chi connectivity index (χ1n) is 3.98. The topological polar surface area (TPSA) is 117 Å². The number of thioether (sulfide) groups is 1. The zero-order chi connectivity index (χ0) is 12.3. The molecule has 1 aromatic heterocycles. The molecule has 0 saturated heterocycles. The van der Waals surface area contributed by atoms with Gasteiger partial charge in [-0.25, -0.2) is 4.98 Å². The average molecular weight is 257 g/mol. The highest BCUT2D eigenvalue weighted by atomic mass is 32.2. The highest BCUT2D eigenvalue weighted by Gasteiger charge is 2.30. The third-order valence-corrected chi connectivity index (χ3v) is 3.74. The Morgan fingerprint density at radius 1 is 1.69 bits per heavy atom. The normalized spacial score (nSPS) is 11.8. The highest BCUT2D eigenvalue weighted by Crippen LogP contribution is 2.29. The van der Waals surface area contributed by atoms with Crippen molar-refractivity contribution in [2.24, 2.45) is 5.92 Å². The standard InChI is InChI=1S/C8H7N3O3S2/c1-15-8-11-6(10)5(16-8)4(12)3(2-9)7(13)14/h3H,10H2,1H3,(H,13,14). The number of aliphatic carboxylic acids is 1. The summed E-state index contributed by atoms with van der Waals surface area (Å²) in [5.41, 5.74) is 5.47. The van der Waals surface area contributed by atoms with Crippen LogP contribution in [0.5, 0.6) is 0 Å². The summed E-state index contributed by atoms with van der Waals surface area (Å²) >= 11 is 2.29. The maximum Gasteiger partial charge on any atom is 0.329 e. The maximum absolute atomic E-state index is 11.6. The number of carboxylic acids is 1. The van der Waals surface area contributed by atoms with E-state index in [1.807, 2.05) is 0 Å². The van der Waals surface area contributed by atoms with Crippen LogP contribution >= 0.6 is 23.1 Å². The first-order valence-corrected chi connectivity index (χ1v) is 6.02. The van der Waals surface area contributed by atoms with Gasteiger partial charge in [0.1, 0.15) is 10.7 Å². The monoisotopic (exact) mass is 257 g/mol. The third-order valence-electron chi connectivity index (χ3n) is 1.67. The Balaban J connectivity index is 3.09. The molecule has 1 aromatic rings. The minimum Gasteiger partial charge on any atom is -0.480 e. The summed E-state index contributed by atoms with van der Waals surface area (Å²) in [6.07, 6.45) is 1.76. The minimum atomic E-state index is -1.72. The van der Waals surface area contributed by atoms with Crippen molar-refractivity contribution < 1.29 is 14.7 Å². The molecule has 0 aliphatic heterocycles. The van der Waals surface area contributed by atoms with Crippen LogP contribution in [0.1, 0.15) is 9.67 Å². The number of ketones is 1. The largest absolute Gasteiger partial charge is 0.480 e. The summed E-state index contributed by atoms with van der Waals surface area (Å²) in [4.78, 5) is 26.2. The fourth-order valence-corrected chi connectivity index (χ4v) is 2.39. The number of hydrogen-bond acceptors (Lipinski definition) is 7. The predicted molar refractivity (Wildman–Crippen MR) is 59.4 cm³/mol. The lowest BCUT2D eigenvalue weighted by atomic mass is 10.1. The quantitative estimate of drug-likeness (QED) is 0.466. The van der Waals surface area contributed by atoms with Gasteiger partial charge in [-0.05, 0) is 6.26 Å². The first kappa shape index (κ1) is 12.5. The van der Waals surface area contributed by atoms with Gasteiger partial charge in [0.25, 0.3) is 0 Å². The SMILES string of the molecule is CSc1nc(N)c(C(=O)C(C#N)C(=O)O)s1. The third kappa shape index (κ3) is 2.32. The van der Waals surface area contributed by atoms with Crippen LogP contribution in [0.15, 0.2) is 4.34 Å². The second kappa shape index (κ2) is 4.96. The average Bonchev–Trinajstić information content (AvgIpc) is 2.60. The molecule has 0 spiro atoms. The molecule has 0 fully saturated rings. The number of hydrogen-bond donors (Lipinski definition) is 2. The molecule has 1 rings (SSSR count). The molecule has 0 aliphatic carbocycles. The minimum absolute atomic E-state index is 0.0262. The molecule has 6 nitrogen and oxygen atoms in total. The number of rotatable bonds is 4. The molecule has 1 heterocycles. The van der Waals surface area contributed by atoms with Gasteiger partial charge in [-0.3, -0.25) is 9.59 Å². The van der Waals surface area contributed by atoms with Crippen LogP contribution in [-0.2, 0) is 4.79 Å². The van der Waals surface area contributed by atoms with Gasteiger partial charge in [-0.2, -0.15) is 5.26 Å². The van der Waals surface area contributed by atoms with Crippen LogP contribution in [-0.4, -0.2) is 28.1 Å². The van der Waals surface area contributed by atoms with E-state index >= 15 is 0 Å². The van der Waals surface area contributed by atoms with Crippen LogP contribution in [0.2, 0.25) is 0 Å². The van der Waals surface area contributed by atoms with Crippen molar-refractivity contribution in [3.8, 4) is 6.07 Å². The molecule has 0 bridgehead atoms. The van der Waals surface area contributed by atoms with Crippen LogP contribution < -0.4 is 5.73 Å². The molecule has 0 amide bonds. The van der Waals surface area contributed by atoms with E-state index in [9.17, 15) is 9.59 Å². The molecule has 0 radical (unpaired) electrons. The number of nitrogens with two attached hydrogens (primary N) is 1. The Kier molecular flexibility index (Phi) is 3.87. The summed E-state index contributed by atoms with van der Waals surface area (Å²) in [6, 6.07) is 1.42. The first-order chi connectivity index (χ1) is 7.51. The summed E-state index contributed by atoms with van der Waals surface area (Å²) in [5.74, 6) is -4.05. The zero-order valence-corrected chi connectivity index (χ0v) is 9.76. The number of carbonyl (C=O) groups is 2. The number of nitrogens with zero attached hydrogens (tertiary/aromatic N) is 2. The number of anilines is 1. The Labute approximate surface area is 99.1 Å². The molecular weight excluding hydrogens is 250 g/mol. The maximum atomic E-state index is 11.6. The molecule has 84 valence electrons. The number of nitrogen functional groups attached to an aromatic ring is 1. The van der Waals surface area contributed by atoms with Gasteiger partial charge < -0.3 is 10.8 Å². The van der Waals surface area contributed by atoms with E-state index in [2.05, 4.69) is 4.98 Å². The van der Waals surface area contributed by atoms with Gasteiger partial charge in [0, 0.05) is 0 Å². The number of carbonyl (C=O) groups excluding carboxylic acids is 1. The number of aromatic nitrogens is 1. The van der Waals surface area contributed by atoms with Gasteiger partial charge in [-0.15, -0.1) is 11.3 Å². The number of carboxylic acid groups (broad SMARTS) is 1.